The van der Waals surface area contributed by atoms with Crippen molar-refractivity contribution in [2.45, 2.75) is 51.4 Å². The fraction of sp³-hybridized carbons (Fsp3) is 0.444. The van der Waals surface area contributed by atoms with Crippen LogP contribution in [-0.2, 0) is 30.1 Å². The lowest BCUT2D eigenvalue weighted by Gasteiger charge is -2.25. The molecule has 0 bridgehead atoms. The second-order valence-electron chi connectivity index (χ2n) is 10.1. The Morgan fingerprint density at radius 1 is 1.07 bits per heavy atom. The van der Waals surface area contributed by atoms with E-state index in [1.54, 1.807) is 13.8 Å². The number of carbonyl (C=O) groups is 5. The van der Waals surface area contributed by atoms with Crippen molar-refractivity contribution in [3.63, 3.8) is 0 Å². The molecule has 0 saturated carbocycles. The van der Waals surface area contributed by atoms with Crippen LogP contribution in [0.5, 0.6) is 5.88 Å². The summed E-state index contributed by atoms with van der Waals surface area (Å²) in [5.41, 5.74) is -0.251. The summed E-state index contributed by atoms with van der Waals surface area (Å²) >= 11 is 0. The third-order valence-electron chi connectivity index (χ3n) is 6.29. The van der Waals surface area contributed by atoms with Crippen LogP contribution in [0.15, 0.2) is 36.5 Å². The number of halogens is 4. The molecule has 2 heterocycles. The van der Waals surface area contributed by atoms with Crippen molar-refractivity contribution in [2.24, 2.45) is 11.8 Å². The van der Waals surface area contributed by atoms with Crippen LogP contribution in [0.2, 0.25) is 0 Å². The van der Waals surface area contributed by atoms with Gasteiger partial charge < -0.3 is 26.0 Å². The van der Waals surface area contributed by atoms with Crippen LogP contribution in [0.4, 0.5) is 23.2 Å². The van der Waals surface area contributed by atoms with Gasteiger partial charge in [-0.2, -0.15) is 18.2 Å². The fourth-order valence-electron chi connectivity index (χ4n) is 4.17. The molecule has 1 aromatic carbocycles. The number of amides is 4. The average Bonchev–Trinajstić information content (AvgIpc) is 3.35. The molecule has 0 aliphatic carbocycles. The summed E-state index contributed by atoms with van der Waals surface area (Å²) in [5, 5.41) is 9.48. The second-order valence-corrected chi connectivity index (χ2v) is 10.1. The van der Waals surface area contributed by atoms with Crippen molar-refractivity contribution in [1.29, 1.82) is 0 Å². The third-order valence-corrected chi connectivity index (χ3v) is 6.29. The number of nitrogens with one attached hydrogen (secondary N) is 4. The number of nitrogens with zero attached hydrogens (tertiary/aromatic N) is 2. The maximum Gasteiger partial charge on any atom is 0.451 e. The van der Waals surface area contributed by atoms with Gasteiger partial charge in [0.25, 0.3) is 0 Å². The summed E-state index contributed by atoms with van der Waals surface area (Å²) in [6, 6.07) is 3.50. The Kier molecular flexibility index (Phi) is 11.1. The highest BCUT2D eigenvalue weighted by Gasteiger charge is 2.36. The Bertz CT molecular complexity index is 1360. The average molecular weight is 611 g/mol. The molecule has 43 heavy (non-hydrogen) atoms. The Labute approximate surface area is 243 Å². The molecule has 1 saturated heterocycles. The number of hydrogen-bond acceptors (Lipinski definition) is 8. The zero-order chi connectivity index (χ0) is 31.7. The predicted molar refractivity (Wildman–Crippen MR) is 142 cm³/mol. The molecule has 3 atom stereocenters. The quantitative estimate of drug-likeness (QED) is 0.208. The summed E-state index contributed by atoms with van der Waals surface area (Å²) < 4.78 is 57.8. The van der Waals surface area contributed by atoms with Crippen molar-refractivity contribution in [3.05, 3.63) is 48.2 Å². The van der Waals surface area contributed by atoms with Crippen molar-refractivity contribution >= 4 is 35.1 Å². The zero-order valence-corrected chi connectivity index (χ0v) is 23.2. The SMILES string of the molecule is CC(C)C[C@H](NC(=O)C(=O)Nc1ccccc1F)C(=O)N[C@@H](C[C@@H]1CCNC1=O)C(=O)COc1ccnc(C(F)(F)F)n1. The molecule has 1 aliphatic rings. The number of carbonyl (C=O) groups excluding carboxylic acids is 5. The van der Waals surface area contributed by atoms with Gasteiger partial charge in [0.15, 0.2) is 12.4 Å². The number of ketones is 1. The highest BCUT2D eigenvalue weighted by atomic mass is 19.4. The second kappa shape index (κ2) is 14.5. The Balaban J connectivity index is 1.73. The number of aromatic nitrogens is 2. The molecule has 4 amide bonds. The van der Waals surface area contributed by atoms with Gasteiger partial charge in [-0.1, -0.05) is 26.0 Å². The number of ether oxygens (including phenoxy) is 1. The largest absolute Gasteiger partial charge is 0.469 e. The van der Waals surface area contributed by atoms with Crippen molar-refractivity contribution in [3.8, 4) is 5.88 Å². The Hall–Kier alpha value is -4.63. The normalized spacial score (nSPS) is 16.2. The van der Waals surface area contributed by atoms with Crippen LogP contribution in [0, 0.1) is 17.7 Å². The van der Waals surface area contributed by atoms with E-state index < -0.39 is 71.8 Å². The standard InChI is InChI=1S/C27H30F4N6O6/c1-14(2)11-19(36-25(42)24(41)34-17-6-4-3-5-16(17)28)23(40)35-18(12-15-7-9-32-22(15)39)20(38)13-43-21-8-10-33-26(37-21)27(29,30)31/h3-6,8,10,14-15,18-19H,7,9,11-13H2,1-2H3,(H,32,39)(H,34,41)(H,35,40)(H,36,42)/t15-,18-,19-/m0/s1. The topological polar surface area (TPSA) is 168 Å². The molecular formula is C27H30F4N6O6. The fourth-order valence-corrected chi connectivity index (χ4v) is 4.17. The summed E-state index contributed by atoms with van der Waals surface area (Å²) in [6.45, 7) is 3.02. The van der Waals surface area contributed by atoms with E-state index >= 15 is 0 Å². The Morgan fingerprint density at radius 3 is 2.42 bits per heavy atom. The first kappa shape index (κ1) is 32.9. The first-order valence-corrected chi connectivity index (χ1v) is 13.2. The van der Waals surface area contributed by atoms with Gasteiger partial charge in [0, 0.05) is 24.7 Å². The van der Waals surface area contributed by atoms with Crippen LogP contribution >= 0.6 is 0 Å². The lowest BCUT2D eigenvalue weighted by molar-refractivity contribution is -0.145. The van der Waals surface area contributed by atoms with Crippen molar-refractivity contribution in [2.75, 3.05) is 18.5 Å². The van der Waals surface area contributed by atoms with E-state index in [2.05, 4.69) is 31.2 Å². The van der Waals surface area contributed by atoms with Gasteiger partial charge >= 0.3 is 18.0 Å². The van der Waals surface area contributed by atoms with E-state index in [1.807, 2.05) is 0 Å². The van der Waals surface area contributed by atoms with Gasteiger partial charge in [-0.25, -0.2) is 9.37 Å². The first-order chi connectivity index (χ1) is 20.2. The van der Waals surface area contributed by atoms with E-state index in [1.165, 1.54) is 18.2 Å². The van der Waals surface area contributed by atoms with E-state index in [4.69, 9.17) is 4.74 Å². The van der Waals surface area contributed by atoms with Crippen molar-refractivity contribution < 1.29 is 46.3 Å². The maximum absolute atomic E-state index is 13.9. The minimum absolute atomic E-state index is 0.0348. The third kappa shape index (κ3) is 9.72. The summed E-state index contributed by atoms with van der Waals surface area (Å²) in [7, 11) is 0. The van der Waals surface area contributed by atoms with E-state index in [0.717, 1.165) is 18.3 Å². The number of anilines is 1. The molecule has 0 spiro atoms. The molecular weight excluding hydrogens is 580 g/mol. The minimum atomic E-state index is -4.85. The van der Waals surface area contributed by atoms with Gasteiger partial charge in [-0.15, -0.1) is 0 Å². The molecule has 0 unspecified atom stereocenters. The molecule has 2 aromatic rings. The lowest BCUT2D eigenvalue weighted by atomic mass is 9.95. The number of benzene rings is 1. The van der Waals surface area contributed by atoms with Crippen molar-refractivity contribution in [1.82, 2.24) is 25.9 Å². The number of alkyl halides is 3. The van der Waals surface area contributed by atoms with E-state index in [-0.39, 0.29) is 30.4 Å². The molecule has 3 rings (SSSR count). The molecule has 1 aromatic heterocycles. The van der Waals surface area contributed by atoms with Gasteiger partial charge in [-0.05, 0) is 37.3 Å². The van der Waals surface area contributed by atoms with Crippen LogP contribution in [-0.4, -0.2) is 64.6 Å². The molecule has 1 aliphatic heterocycles. The summed E-state index contributed by atoms with van der Waals surface area (Å²) in [4.78, 5) is 69.9. The molecule has 1 fully saturated rings. The molecule has 4 N–H and O–H groups in total. The van der Waals surface area contributed by atoms with Crippen LogP contribution in [0.25, 0.3) is 0 Å². The van der Waals surface area contributed by atoms with Gasteiger partial charge in [0.05, 0.1) is 11.7 Å². The predicted octanol–water partition coefficient (Wildman–Crippen LogP) is 1.76. The lowest BCUT2D eigenvalue weighted by Crippen LogP contribution is -2.54. The van der Waals surface area contributed by atoms with Crippen LogP contribution in [0.3, 0.4) is 0 Å². The van der Waals surface area contributed by atoms with E-state index in [0.29, 0.717) is 13.0 Å². The molecule has 232 valence electrons. The number of para-hydroxylation sites is 1. The smallest absolute Gasteiger partial charge is 0.451 e. The highest BCUT2D eigenvalue weighted by Crippen LogP contribution is 2.27. The number of rotatable bonds is 12. The van der Waals surface area contributed by atoms with Gasteiger partial charge in [0.1, 0.15) is 11.9 Å². The molecule has 12 nitrogen and oxygen atoms in total. The number of hydrogen-bond donors (Lipinski definition) is 4. The summed E-state index contributed by atoms with van der Waals surface area (Å²) in [5.74, 6) is -8.11. The molecule has 0 radical (unpaired) electrons. The Morgan fingerprint density at radius 2 is 1.79 bits per heavy atom. The van der Waals surface area contributed by atoms with E-state index in [9.17, 15) is 41.5 Å². The van der Waals surface area contributed by atoms with Gasteiger partial charge in [-0.3, -0.25) is 24.0 Å². The molecule has 16 heteroatoms. The highest BCUT2D eigenvalue weighted by molar-refractivity contribution is 6.40. The first-order valence-electron chi connectivity index (χ1n) is 13.2. The monoisotopic (exact) mass is 610 g/mol. The van der Waals surface area contributed by atoms with Crippen LogP contribution < -0.4 is 26.0 Å². The minimum Gasteiger partial charge on any atom is -0.469 e. The number of Topliss-reactive ketones (excluding diaryl/α,β-unsaturated/α-hetero) is 1. The zero-order valence-electron chi connectivity index (χ0n) is 23.2. The van der Waals surface area contributed by atoms with Crippen LogP contribution in [0.1, 0.15) is 38.9 Å². The summed E-state index contributed by atoms with van der Waals surface area (Å²) in [6.07, 6.45) is -3.81. The van der Waals surface area contributed by atoms with Gasteiger partial charge in [0.2, 0.25) is 23.5 Å². The maximum atomic E-state index is 13.9.